The Morgan fingerprint density at radius 2 is 1.71 bits per heavy atom. The Morgan fingerprint density at radius 3 is 2.36 bits per heavy atom. The lowest BCUT2D eigenvalue weighted by Gasteiger charge is -2.27. The highest BCUT2D eigenvalue weighted by molar-refractivity contribution is 5.35. The van der Waals surface area contributed by atoms with Crippen LogP contribution in [0.1, 0.15) is 76.7 Å². The fourth-order valence-electron chi connectivity index (χ4n) is 4.74. The normalized spacial score (nSPS) is 28.0. The molecular formula is C25H34F2O. The Labute approximate surface area is 168 Å². The van der Waals surface area contributed by atoms with E-state index in [2.05, 4.69) is 31.2 Å². The SMILES string of the molecule is CCCC1CCC(/C=C/C2C=CC(c3ccc(OCC)c(F)c3F)CC2)CC1. The van der Waals surface area contributed by atoms with Crippen molar-refractivity contribution in [1.82, 2.24) is 0 Å². The molecule has 1 aromatic carbocycles. The maximum Gasteiger partial charge on any atom is 0.200 e. The van der Waals surface area contributed by atoms with E-state index in [1.54, 1.807) is 19.1 Å². The van der Waals surface area contributed by atoms with E-state index in [4.69, 9.17) is 4.74 Å². The van der Waals surface area contributed by atoms with Crippen molar-refractivity contribution in [1.29, 1.82) is 0 Å². The van der Waals surface area contributed by atoms with Crippen LogP contribution in [0.2, 0.25) is 0 Å². The van der Waals surface area contributed by atoms with E-state index in [9.17, 15) is 8.78 Å². The van der Waals surface area contributed by atoms with Gasteiger partial charge in [-0.15, -0.1) is 0 Å². The van der Waals surface area contributed by atoms with Gasteiger partial charge in [-0.05, 0) is 74.8 Å². The average molecular weight is 389 g/mol. The molecule has 0 radical (unpaired) electrons. The van der Waals surface area contributed by atoms with E-state index in [1.807, 2.05) is 0 Å². The molecule has 3 heteroatoms. The molecule has 0 spiro atoms. The van der Waals surface area contributed by atoms with Gasteiger partial charge >= 0.3 is 0 Å². The highest BCUT2D eigenvalue weighted by atomic mass is 19.2. The molecule has 1 nitrogen and oxygen atoms in total. The maximum atomic E-state index is 14.4. The first-order chi connectivity index (χ1) is 13.6. The number of allylic oxidation sites excluding steroid dienone is 4. The van der Waals surface area contributed by atoms with E-state index in [0.717, 1.165) is 24.7 Å². The van der Waals surface area contributed by atoms with Gasteiger partial charge in [-0.3, -0.25) is 0 Å². The molecule has 0 bridgehead atoms. The molecule has 0 heterocycles. The van der Waals surface area contributed by atoms with Crippen molar-refractivity contribution in [2.45, 2.75) is 71.1 Å². The van der Waals surface area contributed by atoms with Gasteiger partial charge in [0.2, 0.25) is 5.82 Å². The molecule has 0 amide bonds. The molecule has 0 saturated heterocycles. The first kappa shape index (κ1) is 21.1. The van der Waals surface area contributed by atoms with E-state index < -0.39 is 11.6 Å². The summed E-state index contributed by atoms with van der Waals surface area (Å²) in [7, 11) is 0. The molecule has 2 aliphatic carbocycles. The Morgan fingerprint density at radius 1 is 0.929 bits per heavy atom. The molecule has 2 unspecified atom stereocenters. The lowest BCUT2D eigenvalue weighted by molar-refractivity contribution is 0.293. The van der Waals surface area contributed by atoms with Crippen LogP contribution in [0.3, 0.4) is 0 Å². The smallest absolute Gasteiger partial charge is 0.200 e. The third-order valence-corrected chi connectivity index (χ3v) is 6.40. The molecule has 0 aromatic heterocycles. The Hall–Kier alpha value is -1.64. The van der Waals surface area contributed by atoms with Crippen molar-refractivity contribution in [2.24, 2.45) is 17.8 Å². The summed E-state index contributed by atoms with van der Waals surface area (Å²) < 4.78 is 33.7. The van der Waals surface area contributed by atoms with Crippen molar-refractivity contribution in [3.63, 3.8) is 0 Å². The monoisotopic (exact) mass is 388 g/mol. The molecule has 0 N–H and O–H groups in total. The van der Waals surface area contributed by atoms with Gasteiger partial charge in [0.25, 0.3) is 0 Å². The summed E-state index contributed by atoms with van der Waals surface area (Å²) in [5.74, 6) is 0.385. The third kappa shape index (κ3) is 5.24. The summed E-state index contributed by atoms with van der Waals surface area (Å²) in [6, 6.07) is 3.22. The van der Waals surface area contributed by atoms with Gasteiger partial charge in [-0.25, -0.2) is 4.39 Å². The summed E-state index contributed by atoms with van der Waals surface area (Å²) in [6.45, 7) is 4.37. The quantitative estimate of drug-likeness (QED) is 0.438. The first-order valence-corrected chi connectivity index (χ1v) is 11.1. The largest absolute Gasteiger partial charge is 0.491 e. The summed E-state index contributed by atoms with van der Waals surface area (Å²) in [5, 5.41) is 0. The summed E-state index contributed by atoms with van der Waals surface area (Å²) >= 11 is 0. The van der Waals surface area contributed by atoms with Crippen molar-refractivity contribution < 1.29 is 13.5 Å². The molecule has 3 rings (SSSR count). The van der Waals surface area contributed by atoms with Crippen LogP contribution < -0.4 is 4.74 Å². The second-order valence-corrected chi connectivity index (χ2v) is 8.40. The summed E-state index contributed by atoms with van der Waals surface area (Å²) in [5.41, 5.74) is 0.439. The maximum absolute atomic E-state index is 14.4. The van der Waals surface area contributed by atoms with Gasteiger partial charge in [0.15, 0.2) is 11.6 Å². The average Bonchev–Trinajstić information content (AvgIpc) is 2.72. The van der Waals surface area contributed by atoms with Crippen LogP contribution in [0.15, 0.2) is 36.4 Å². The topological polar surface area (TPSA) is 9.23 Å². The highest BCUT2D eigenvalue weighted by Crippen LogP contribution is 2.36. The molecule has 2 atom stereocenters. The molecule has 154 valence electrons. The van der Waals surface area contributed by atoms with E-state index in [1.165, 1.54) is 38.5 Å². The highest BCUT2D eigenvalue weighted by Gasteiger charge is 2.23. The van der Waals surface area contributed by atoms with Gasteiger partial charge in [-0.1, -0.05) is 50.1 Å². The Balaban J connectivity index is 1.55. The van der Waals surface area contributed by atoms with Crippen LogP contribution in [0, 0.1) is 29.4 Å². The minimum atomic E-state index is -0.867. The van der Waals surface area contributed by atoms with E-state index in [0.29, 0.717) is 18.1 Å². The second kappa shape index (κ2) is 10.2. The van der Waals surface area contributed by atoms with Gasteiger partial charge in [0.05, 0.1) is 6.61 Å². The number of halogens is 2. The predicted octanol–water partition coefficient (Wildman–Crippen LogP) is 7.58. The van der Waals surface area contributed by atoms with Crippen LogP contribution in [0.4, 0.5) is 8.78 Å². The lowest BCUT2D eigenvalue weighted by atomic mass is 9.79. The van der Waals surface area contributed by atoms with E-state index >= 15 is 0 Å². The van der Waals surface area contributed by atoms with E-state index in [-0.39, 0.29) is 11.7 Å². The minimum absolute atomic E-state index is 0.00185. The van der Waals surface area contributed by atoms with Gasteiger partial charge in [-0.2, -0.15) is 4.39 Å². The lowest BCUT2D eigenvalue weighted by Crippen LogP contribution is -2.13. The van der Waals surface area contributed by atoms with Gasteiger partial charge in [0.1, 0.15) is 0 Å². The molecule has 1 aromatic rings. The van der Waals surface area contributed by atoms with Crippen molar-refractivity contribution in [2.75, 3.05) is 6.61 Å². The zero-order chi connectivity index (χ0) is 19.9. The molecule has 0 aliphatic heterocycles. The first-order valence-electron chi connectivity index (χ1n) is 11.1. The second-order valence-electron chi connectivity index (χ2n) is 8.40. The zero-order valence-electron chi connectivity index (χ0n) is 17.3. The number of hydrogen-bond donors (Lipinski definition) is 0. The van der Waals surface area contributed by atoms with Gasteiger partial charge < -0.3 is 4.74 Å². The van der Waals surface area contributed by atoms with Crippen LogP contribution in [-0.2, 0) is 0 Å². The number of ether oxygens (including phenoxy) is 1. The van der Waals surface area contributed by atoms with Crippen LogP contribution in [0.5, 0.6) is 5.75 Å². The van der Waals surface area contributed by atoms with Gasteiger partial charge in [0, 0.05) is 5.92 Å². The Kier molecular flexibility index (Phi) is 7.70. The standard InChI is InChI=1S/C25H34F2O/c1-3-5-18-6-8-19(9-7-18)10-11-20-12-14-21(15-13-20)22-16-17-23(28-4-2)25(27)24(22)26/h10-12,14,16-21H,3-9,13,15H2,1-2H3/b11-10+. The van der Waals surface area contributed by atoms with Crippen molar-refractivity contribution in [3.8, 4) is 5.75 Å². The molecule has 2 aliphatic rings. The fourth-order valence-corrected chi connectivity index (χ4v) is 4.74. The minimum Gasteiger partial charge on any atom is -0.491 e. The van der Waals surface area contributed by atoms with Crippen LogP contribution in [-0.4, -0.2) is 6.61 Å². The Bertz CT molecular complexity index is 686. The van der Waals surface area contributed by atoms with Crippen molar-refractivity contribution >= 4 is 0 Å². The predicted molar refractivity (Wildman–Crippen MR) is 112 cm³/mol. The molecular weight excluding hydrogens is 354 g/mol. The molecule has 1 fully saturated rings. The van der Waals surface area contributed by atoms with Crippen LogP contribution >= 0.6 is 0 Å². The third-order valence-electron chi connectivity index (χ3n) is 6.40. The zero-order valence-corrected chi connectivity index (χ0v) is 17.3. The van der Waals surface area contributed by atoms with Crippen molar-refractivity contribution in [3.05, 3.63) is 53.6 Å². The summed E-state index contributed by atoms with van der Waals surface area (Å²) in [6.07, 6.45) is 18.9. The number of hydrogen-bond acceptors (Lipinski definition) is 1. The molecule has 28 heavy (non-hydrogen) atoms. The molecule has 1 saturated carbocycles. The van der Waals surface area contributed by atoms with Crippen LogP contribution in [0.25, 0.3) is 0 Å². The number of rotatable bonds is 7. The summed E-state index contributed by atoms with van der Waals surface area (Å²) in [4.78, 5) is 0. The fraction of sp³-hybridized carbons (Fsp3) is 0.600. The number of benzene rings is 1.